The summed E-state index contributed by atoms with van der Waals surface area (Å²) in [5.74, 6) is -1.30. The molecular formula is C18H19NO3. The molecule has 0 saturated heterocycles. The molecule has 1 atom stereocenters. The molecule has 0 aliphatic carbocycles. The van der Waals surface area contributed by atoms with E-state index in [0.29, 0.717) is 6.42 Å². The quantitative estimate of drug-likeness (QED) is 0.772. The number of fused-ring (bicyclic) bond motifs is 1. The van der Waals surface area contributed by atoms with E-state index in [2.05, 4.69) is 11.9 Å². The highest BCUT2D eigenvalue weighted by Crippen LogP contribution is 2.19. The van der Waals surface area contributed by atoms with Gasteiger partial charge in [-0.05, 0) is 22.8 Å². The van der Waals surface area contributed by atoms with E-state index in [1.54, 1.807) is 6.08 Å². The molecule has 1 amide bonds. The average Bonchev–Trinajstić information content (AvgIpc) is 2.52. The van der Waals surface area contributed by atoms with E-state index in [4.69, 9.17) is 0 Å². The van der Waals surface area contributed by atoms with Crippen LogP contribution in [0, 0.1) is 0 Å². The lowest BCUT2D eigenvalue weighted by Crippen LogP contribution is -2.42. The third-order valence-corrected chi connectivity index (χ3v) is 3.51. The molecule has 0 bridgehead atoms. The number of benzene rings is 2. The van der Waals surface area contributed by atoms with Crippen molar-refractivity contribution in [2.45, 2.75) is 25.3 Å². The van der Waals surface area contributed by atoms with Crippen LogP contribution in [-0.2, 0) is 16.0 Å². The number of hydrogen-bond donors (Lipinski definition) is 2. The van der Waals surface area contributed by atoms with Crippen LogP contribution in [0.2, 0.25) is 0 Å². The molecule has 0 unspecified atom stereocenters. The maximum atomic E-state index is 11.7. The lowest BCUT2D eigenvalue weighted by atomic mass is 9.98. The molecule has 0 saturated carbocycles. The molecule has 4 nitrogen and oxygen atoms in total. The summed E-state index contributed by atoms with van der Waals surface area (Å²) in [7, 11) is 0. The smallest absolute Gasteiger partial charge is 0.326 e. The third kappa shape index (κ3) is 3.95. The summed E-state index contributed by atoms with van der Waals surface area (Å²) in [6.07, 6.45) is 2.69. The number of hydrogen-bond acceptors (Lipinski definition) is 2. The largest absolute Gasteiger partial charge is 0.480 e. The van der Waals surface area contributed by atoms with E-state index in [0.717, 1.165) is 16.3 Å². The van der Waals surface area contributed by atoms with Gasteiger partial charge in [0.25, 0.3) is 0 Å². The summed E-state index contributed by atoms with van der Waals surface area (Å²) < 4.78 is 0. The van der Waals surface area contributed by atoms with Crippen LogP contribution < -0.4 is 5.32 Å². The molecule has 2 N–H and O–H groups in total. The molecule has 114 valence electrons. The van der Waals surface area contributed by atoms with Gasteiger partial charge in [0.2, 0.25) is 5.91 Å². The molecule has 4 heteroatoms. The van der Waals surface area contributed by atoms with Crippen molar-refractivity contribution in [1.29, 1.82) is 0 Å². The average molecular weight is 297 g/mol. The van der Waals surface area contributed by atoms with E-state index in [1.807, 2.05) is 42.5 Å². The molecule has 2 aromatic rings. The van der Waals surface area contributed by atoms with Crippen molar-refractivity contribution >= 4 is 22.6 Å². The highest BCUT2D eigenvalue weighted by Gasteiger charge is 2.20. The zero-order valence-electron chi connectivity index (χ0n) is 12.3. The summed E-state index contributed by atoms with van der Waals surface area (Å²) in [5, 5.41) is 14.0. The standard InChI is InChI=1S/C18H19NO3/c1-2-3-11-17(20)19-16(18(21)22)12-14-9-6-8-13-7-4-5-10-15(13)14/h2,4-10,16H,1,3,11-12H2,(H,19,20)(H,21,22)/t16-/m0/s1. The molecule has 0 heterocycles. The van der Waals surface area contributed by atoms with Crippen LogP contribution in [0.5, 0.6) is 0 Å². The monoisotopic (exact) mass is 297 g/mol. The molecule has 2 aromatic carbocycles. The van der Waals surface area contributed by atoms with Crippen LogP contribution in [-0.4, -0.2) is 23.0 Å². The van der Waals surface area contributed by atoms with Gasteiger partial charge in [-0.2, -0.15) is 0 Å². The predicted molar refractivity (Wildman–Crippen MR) is 86.6 cm³/mol. The number of amides is 1. The number of aliphatic carboxylic acids is 1. The molecule has 0 aliphatic heterocycles. The number of carbonyl (C=O) groups excluding carboxylic acids is 1. The third-order valence-electron chi connectivity index (χ3n) is 3.51. The molecule has 0 fully saturated rings. The van der Waals surface area contributed by atoms with Gasteiger partial charge in [-0.15, -0.1) is 6.58 Å². The first-order valence-corrected chi connectivity index (χ1v) is 7.21. The number of allylic oxidation sites excluding steroid dienone is 1. The van der Waals surface area contributed by atoms with Crippen LogP contribution >= 0.6 is 0 Å². The van der Waals surface area contributed by atoms with E-state index < -0.39 is 12.0 Å². The Kier molecular flexibility index (Phi) is 5.31. The second-order valence-electron chi connectivity index (χ2n) is 5.13. The van der Waals surface area contributed by atoms with Crippen molar-refractivity contribution in [3.63, 3.8) is 0 Å². The van der Waals surface area contributed by atoms with Crippen molar-refractivity contribution < 1.29 is 14.7 Å². The summed E-state index contributed by atoms with van der Waals surface area (Å²) in [6.45, 7) is 3.55. The second kappa shape index (κ2) is 7.41. The van der Waals surface area contributed by atoms with Crippen LogP contribution in [0.3, 0.4) is 0 Å². The first kappa shape index (κ1) is 15.8. The Bertz CT molecular complexity index is 688. The number of carbonyl (C=O) groups is 2. The molecule has 2 rings (SSSR count). The first-order valence-electron chi connectivity index (χ1n) is 7.21. The first-order chi connectivity index (χ1) is 10.6. The fraction of sp³-hybridized carbons (Fsp3) is 0.222. The number of carboxylic acids is 1. The van der Waals surface area contributed by atoms with Crippen LogP contribution in [0.4, 0.5) is 0 Å². The van der Waals surface area contributed by atoms with E-state index in [9.17, 15) is 14.7 Å². The minimum absolute atomic E-state index is 0.253. The van der Waals surface area contributed by atoms with Gasteiger partial charge in [0.1, 0.15) is 6.04 Å². The molecule has 0 aromatic heterocycles. The Labute approximate surface area is 129 Å². The van der Waals surface area contributed by atoms with Crippen molar-refractivity contribution in [2.75, 3.05) is 0 Å². The van der Waals surface area contributed by atoms with Crippen LogP contribution in [0.25, 0.3) is 10.8 Å². The van der Waals surface area contributed by atoms with Crippen LogP contribution in [0.1, 0.15) is 18.4 Å². The van der Waals surface area contributed by atoms with Gasteiger partial charge in [0.05, 0.1) is 0 Å². The molecule has 0 spiro atoms. The maximum absolute atomic E-state index is 11.7. The zero-order chi connectivity index (χ0) is 15.9. The topological polar surface area (TPSA) is 66.4 Å². The molecular weight excluding hydrogens is 278 g/mol. The normalized spacial score (nSPS) is 11.8. The lowest BCUT2D eigenvalue weighted by molar-refractivity contribution is -0.141. The Morgan fingerprint density at radius 3 is 2.64 bits per heavy atom. The Hall–Kier alpha value is -2.62. The van der Waals surface area contributed by atoms with Crippen molar-refractivity contribution in [3.8, 4) is 0 Å². The van der Waals surface area contributed by atoms with Gasteiger partial charge in [0, 0.05) is 12.8 Å². The van der Waals surface area contributed by atoms with Gasteiger partial charge in [0.15, 0.2) is 0 Å². The molecule has 0 aliphatic rings. The fourth-order valence-electron chi connectivity index (χ4n) is 2.39. The summed E-state index contributed by atoms with van der Waals surface area (Å²) >= 11 is 0. The summed E-state index contributed by atoms with van der Waals surface area (Å²) in [6, 6.07) is 12.7. The van der Waals surface area contributed by atoms with Crippen molar-refractivity contribution in [2.24, 2.45) is 0 Å². The van der Waals surface area contributed by atoms with E-state index >= 15 is 0 Å². The summed E-state index contributed by atoms with van der Waals surface area (Å²) in [5.41, 5.74) is 0.912. The fourth-order valence-corrected chi connectivity index (χ4v) is 2.39. The zero-order valence-corrected chi connectivity index (χ0v) is 12.3. The molecule has 0 radical (unpaired) electrons. The van der Waals surface area contributed by atoms with E-state index in [-0.39, 0.29) is 18.7 Å². The number of nitrogens with one attached hydrogen (secondary N) is 1. The van der Waals surface area contributed by atoms with Crippen molar-refractivity contribution in [1.82, 2.24) is 5.32 Å². The minimum atomic E-state index is -1.03. The van der Waals surface area contributed by atoms with Gasteiger partial charge in [-0.25, -0.2) is 4.79 Å². The highest BCUT2D eigenvalue weighted by atomic mass is 16.4. The Morgan fingerprint density at radius 2 is 1.91 bits per heavy atom. The van der Waals surface area contributed by atoms with Gasteiger partial charge < -0.3 is 10.4 Å². The lowest BCUT2D eigenvalue weighted by Gasteiger charge is -2.15. The minimum Gasteiger partial charge on any atom is -0.480 e. The molecule has 22 heavy (non-hydrogen) atoms. The highest BCUT2D eigenvalue weighted by molar-refractivity contribution is 5.88. The Balaban J connectivity index is 2.18. The number of rotatable bonds is 7. The second-order valence-corrected chi connectivity index (χ2v) is 5.13. The SMILES string of the molecule is C=CCCC(=O)N[C@@H](Cc1cccc2ccccc12)C(=O)O. The van der Waals surface area contributed by atoms with Crippen LogP contribution in [0.15, 0.2) is 55.1 Å². The predicted octanol–water partition coefficient (Wildman–Crippen LogP) is 2.92. The van der Waals surface area contributed by atoms with E-state index in [1.165, 1.54) is 0 Å². The van der Waals surface area contributed by atoms with Gasteiger partial charge >= 0.3 is 5.97 Å². The van der Waals surface area contributed by atoms with Gasteiger partial charge in [-0.1, -0.05) is 48.5 Å². The van der Waals surface area contributed by atoms with Gasteiger partial charge in [-0.3, -0.25) is 4.79 Å². The Morgan fingerprint density at radius 1 is 1.18 bits per heavy atom. The summed E-state index contributed by atoms with van der Waals surface area (Å²) in [4.78, 5) is 23.2. The number of carboxylic acid groups (broad SMARTS) is 1. The van der Waals surface area contributed by atoms with Crippen molar-refractivity contribution in [3.05, 3.63) is 60.7 Å². The maximum Gasteiger partial charge on any atom is 0.326 e.